The predicted octanol–water partition coefficient (Wildman–Crippen LogP) is -0.659. The first-order valence-electron chi connectivity index (χ1n) is 11.7. The van der Waals surface area contributed by atoms with Crippen LogP contribution in [0.15, 0.2) is 29.3 Å². The van der Waals surface area contributed by atoms with Crippen LogP contribution in [0.1, 0.15) is 38.5 Å². The quantitative estimate of drug-likeness (QED) is 0.0907. The number of hydrogen-bond donors (Lipinski definition) is 5. The van der Waals surface area contributed by atoms with E-state index in [0.29, 0.717) is 37.9 Å². The van der Waals surface area contributed by atoms with E-state index >= 15 is 0 Å². The average Bonchev–Trinajstić information content (AvgIpc) is 3.50. The van der Waals surface area contributed by atoms with Crippen molar-refractivity contribution in [2.45, 2.75) is 56.7 Å². The van der Waals surface area contributed by atoms with E-state index in [1.807, 2.05) is 0 Å². The zero-order valence-electron chi connectivity index (χ0n) is 19.6. The van der Waals surface area contributed by atoms with Crippen LogP contribution < -0.4 is 27.4 Å². The summed E-state index contributed by atoms with van der Waals surface area (Å²) in [6, 6.07) is 2.92. The van der Waals surface area contributed by atoms with Gasteiger partial charge in [-0.1, -0.05) is 0 Å². The van der Waals surface area contributed by atoms with E-state index in [1.165, 1.54) is 29.2 Å². The largest absolute Gasteiger partial charge is 0.370 e. The topological polar surface area (TPSA) is 215 Å². The third-order valence-corrected chi connectivity index (χ3v) is 6.06. The second-order valence-electron chi connectivity index (χ2n) is 8.65. The third-order valence-electron chi connectivity index (χ3n) is 6.06. The molecular formula is C22H30N8O6. The summed E-state index contributed by atoms with van der Waals surface area (Å²) >= 11 is 0. The molecule has 2 aliphatic heterocycles. The predicted molar refractivity (Wildman–Crippen MR) is 129 cm³/mol. The highest BCUT2D eigenvalue weighted by Gasteiger charge is 2.40. The van der Waals surface area contributed by atoms with E-state index in [-0.39, 0.29) is 42.8 Å². The van der Waals surface area contributed by atoms with Gasteiger partial charge in [0.25, 0.3) is 5.69 Å². The number of nitrogens with two attached hydrogens (primary N) is 2. The standard InChI is InChI=1S/C22H30N8O6/c23-22(24)25-11-1-3-15(19(32)26-13-5-7-14(8-6-13)30(35)36)28-20(33)17-4-2-12-29(17)21(34)16-9-10-18(31)27-16/h5-8,15-17H,1-4,9-12H2,(H,26,32)(H,27,31)(H,28,33)(H4,23,24,25)/t15-,16+,17+/m0/s1. The minimum absolute atomic E-state index is 0.0926. The molecule has 0 unspecified atom stereocenters. The number of amides is 4. The van der Waals surface area contributed by atoms with Gasteiger partial charge in [-0.3, -0.25) is 34.3 Å². The summed E-state index contributed by atoms with van der Waals surface area (Å²) in [5.74, 6) is -1.60. The number of guanidine groups is 1. The number of likely N-dealkylation sites (tertiary alicyclic amines) is 1. The third kappa shape index (κ3) is 6.90. The zero-order valence-corrected chi connectivity index (χ0v) is 19.6. The first-order chi connectivity index (χ1) is 17.2. The van der Waals surface area contributed by atoms with Crippen molar-refractivity contribution < 1.29 is 24.1 Å². The lowest BCUT2D eigenvalue weighted by atomic mass is 10.1. The van der Waals surface area contributed by atoms with Crippen LogP contribution in [-0.4, -0.2) is 70.6 Å². The number of benzene rings is 1. The zero-order chi connectivity index (χ0) is 26.2. The monoisotopic (exact) mass is 502 g/mol. The fourth-order valence-electron chi connectivity index (χ4n) is 4.24. The molecule has 14 heteroatoms. The number of hydrogen-bond acceptors (Lipinski definition) is 7. The van der Waals surface area contributed by atoms with Crippen LogP contribution in [-0.2, 0) is 19.2 Å². The van der Waals surface area contributed by atoms with Gasteiger partial charge < -0.3 is 32.3 Å². The number of carbonyl (C=O) groups is 4. The molecule has 3 atom stereocenters. The molecule has 2 heterocycles. The Bertz CT molecular complexity index is 1040. The Morgan fingerprint density at radius 3 is 2.56 bits per heavy atom. The summed E-state index contributed by atoms with van der Waals surface area (Å²) < 4.78 is 0. The van der Waals surface area contributed by atoms with Gasteiger partial charge in [0.2, 0.25) is 23.6 Å². The average molecular weight is 503 g/mol. The Hall–Kier alpha value is -4.23. The second-order valence-corrected chi connectivity index (χ2v) is 8.65. The van der Waals surface area contributed by atoms with Gasteiger partial charge in [0.15, 0.2) is 5.96 Å². The van der Waals surface area contributed by atoms with Crippen molar-refractivity contribution in [3.63, 3.8) is 0 Å². The number of nitrogens with one attached hydrogen (secondary N) is 3. The fourth-order valence-corrected chi connectivity index (χ4v) is 4.24. The van der Waals surface area contributed by atoms with Crippen LogP contribution in [0.2, 0.25) is 0 Å². The molecule has 14 nitrogen and oxygen atoms in total. The maximum absolute atomic E-state index is 13.2. The second kappa shape index (κ2) is 12.0. The van der Waals surface area contributed by atoms with Gasteiger partial charge in [0.05, 0.1) is 4.92 Å². The molecule has 0 aliphatic carbocycles. The normalized spacial score (nSPS) is 19.8. The van der Waals surface area contributed by atoms with Gasteiger partial charge in [0, 0.05) is 37.3 Å². The lowest BCUT2D eigenvalue weighted by molar-refractivity contribution is -0.384. The van der Waals surface area contributed by atoms with E-state index < -0.39 is 34.9 Å². The summed E-state index contributed by atoms with van der Waals surface area (Å²) in [5, 5.41) is 18.9. The Balaban J connectivity index is 1.67. The van der Waals surface area contributed by atoms with Crippen LogP contribution in [0.3, 0.4) is 0 Å². The smallest absolute Gasteiger partial charge is 0.269 e. The summed E-state index contributed by atoms with van der Waals surface area (Å²) in [6.07, 6.45) is 2.30. The first-order valence-corrected chi connectivity index (χ1v) is 11.7. The molecular weight excluding hydrogens is 472 g/mol. The molecule has 1 aromatic rings. The molecule has 0 bridgehead atoms. The van der Waals surface area contributed by atoms with Gasteiger partial charge in [-0.25, -0.2) is 0 Å². The van der Waals surface area contributed by atoms with Crippen molar-refractivity contribution in [2.24, 2.45) is 16.5 Å². The van der Waals surface area contributed by atoms with Gasteiger partial charge in [0.1, 0.15) is 18.1 Å². The SMILES string of the molecule is NC(N)=NCCC[C@H](NC(=O)[C@H]1CCCN1C(=O)[C@H]1CCC(=O)N1)C(=O)Nc1ccc([N+](=O)[O-])cc1. The fraction of sp³-hybridized carbons (Fsp3) is 0.500. The minimum Gasteiger partial charge on any atom is -0.370 e. The number of non-ortho nitro benzene ring substituents is 1. The van der Waals surface area contributed by atoms with Crippen molar-refractivity contribution in [3.8, 4) is 0 Å². The van der Waals surface area contributed by atoms with Crippen molar-refractivity contribution in [3.05, 3.63) is 34.4 Å². The van der Waals surface area contributed by atoms with Crippen molar-refractivity contribution in [1.29, 1.82) is 0 Å². The lowest BCUT2D eigenvalue weighted by Crippen LogP contribution is -2.54. The molecule has 36 heavy (non-hydrogen) atoms. The van der Waals surface area contributed by atoms with Crippen molar-refractivity contribution in [1.82, 2.24) is 15.5 Å². The van der Waals surface area contributed by atoms with Gasteiger partial charge in [-0.15, -0.1) is 0 Å². The van der Waals surface area contributed by atoms with E-state index in [2.05, 4.69) is 20.9 Å². The van der Waals surface area contributed by atoms with E-state index in [9.17, 15) is 29.3 Å². The van der Waals surface area contributed by atoms with Crippen LogP contribution in [0.5, 0.6) is 0 Å². The number of aliphatic imine (C=N–C) groups is 1. The van der Waals surface area contributed by atoms with Crippen LogP contribution in [0.25, 0.3) is 0 Å². The molecule has 2 aliphatic rings. The molecule has 4 amide bonds. The molecule has 7 N–H and O–H groups in total. The van der Waals surface area contributed by atoms with E-state index in [1.54, 1.807) is 0 Å². The summed E-state index contributed by atoms with van der Waals surface area (Å²) in [7, 11) is 0. The van der Waals surface area contributed by atoms with Crippen LogP contribution in [0.4, 0.5) is 11.4 Å². The number of nitrogens with zero attached hydrogens (tertiary/aromatic N) is 3. The molecule has 0 spiro atoms. The van der Waals surface area contributed by atoms with Gasteiger partial charge in [-0.2, -0.15) is 0 Å². The van der Waals surface area contributed by atoms with Crippen LogP contribution in [0, 0.1) is 10.1 Å². The molecule has 0 saturated carbocycles. The highest BCUT2D eigenvalue weighted by Crippen LogP contribution is 2.22. The Morgan fingerprint density at radius 1 is 1.22 bits per heavy atom. The number of nitro benzene ring substituents is 1. The number of nitro groups is 1. The molecule has 0 aromatic heterocycles. The maximum atomic E-state index is 13.2. The summed E-state index contributed by atoms with van der Waals surface area (Å²) in [4.78, 5) is 66.2. The summed E-state index contributed by atoms with van der Waals surface area (Å²) in [5.41, 5.74) is 10.9. The summed E-state index contributed by atoms with van der Waals surface area (Å²) in [6.45, 7) is 0.627. The Kier molecular flexibility index (Phi) is 8.76. The maximum Gasteiger partial charge on any atom is 0.269 e. The number of rotatable bonds is 10. The first kappa shape index (κ1) is 26.4. The van der Waals surface area contributed by atoms with E-state index in [4.69, 9.17) is 11.5 Å². The highest BCUT2D eigenvalue weighted by molar-refractivity contribution is 5.99. The Morgan fingerprint density at radius 2 is 1.94 bits per heavy atom. The lowest BCUT2D eigenvalue weighted by Gasteiger charge is -2.28. The molecule has 1 aromatic carbocycles. The highest BCUT2D eigenvalue weighted by atomic mass is 16.6. The number of anilines is 1. The van der Waals surface area contributed by atoms with E-state index in [0.717, 1.165) is 0 Å². The number of carbonyl (C=O) groups excluding carboxylic acids is 4. The van der Waals surface area contributed by atoms with Crippen LogP contribution >= 0.6 is 0 Å². The van der Waals surface area contributed by atoms with Gasteiger partial charge in [-0.05, 0) is 44.2 Å². The van der Waals surface area contributed by atoms with Crippen molar-refractivity contribution >= 4 is 41.0 Å². The molecule has 2 saturated heterocycles. The molecule has 194 valence electrons. The molecule has 3 rings (SSSR count). The molecule has 0 radical (unpaired) electrons. The van der Waals surface area contributed by atoms with Crippen molar-refractivity contribution in [2.75, 3.05) is 18.4 Å². The van der Waals surface area contributed by atoms with Gasteiger partial charge >= 0.3 is 0 Å². The Labute approximate surface area is 207 Å². The minimum atomic E-state index is -0.967. The molecule has 2 fully saturated rings.